The van der Waals surface area contributed by atoms with E-state index in [-0.39, 0.29) is 42.5 Å². The predicted octanol–water partition coefficient (Wildman–Crippen LogP) is 4.62. The largest absolute Gasteiger partial charge is 0.459 e. The molecule has 3 saturated heterocycles. The molecule has 12 nitrogen and oxygen atoms in total. The van der Waals surface area contributed by atoms with Crippen molar-refractivity contribution in [1.82, 2.24) is 4.90 Å². The Bertz CT molecular complexity index is 1510. The number of rotatable bonds is 5. The Morgan fingerprint density at radius 2 is 1.84 bits per heavy atom. The van der Waals surface area contributed by atoms with Crippen LogP contribution in [0.4, 0.5) is 11.4 Å². The van der Waals surface area contributed by atoms with E-state index >= 15 is 0 Å². The van der Waals surface area contributed by atoms with E-state index in [1.807, 2.05) is 52.8 Å². The number of nitriles is 1. The maximum atomic E-state index is 14.3. The van der Waals surface area contributed by atoms with Crippen LogP contribution in [0.15, 0.2) is 23.2 Å². The summed E-state index contributed by atoms with van der Waals surface area (Å²) in [7, 11) is 5.40. The van der Waals surface area contributed by atoms with Crippen LogP contribution in [-0.4, -0.2) is 109 Å². The van der Waals surface area contributed by atoms with Gasteiger partial charge in [-0.05, 0) is 85.2 Å². The van der Waals surface area contributed by atoms with Crippen LogP contribution in [0.25, 0.3) is 0 Å². The van der Waals surface area contributed by atoms with E-state index in [0.29, 0.717) is 30.5 Å². The van der Waals surface area contributed by atoms with Gasteiger partial charge in [0.2, 0.25) is 0 Å². The molecule has 0 aliphatic carbocycles. The van der Waals surface area contributed by atoms with Gasteiger partial charge in [0.1, 0.15) is 30.5 Å². The number of ketones is 1. The van der Waals surface area contributed by atoms with Gasteiger partial charge in [-0.3, -0.25) is 14.6 Å². The zero-order valence-electron chi connectivity index (χ0n) is 31.5. The first kappa shape index (κ1) is 38.3. The molecule has 3 fully saturated rings. The molecule has 0 radical (unpaired) electrons. The van der Waals surface area contributed by atoms with Crippen LogP contribution in [-0.2, 0) is 33.3 Å². The van der Waals surface area contributed by atoms with Crippen LogP contribution >= 0.6 is 0 Å². The highest BCUT2D eigenvalue weighted by molar-refractivity contribution is 6.00. The van der Waals surface area contributed by atoms with Crippen LogP contribution in [0.2, 0.25) is 0 Å². The fourth-order valence-electron chi connectivity index (χ4n) is 8.97. The second-order valence-corrected chi connectivity index (χ2v) is 15.5. The van der Waals surface area contributed by atoms with E-state index in [2.05, 4.69) is 24.8 Å². The SMILES string of the molecule is CC[C@H]1OC(=O)[C@H](C)C(=O)[C@H](C)[C@@H](O[C@@H]2O[C@H](C)C[C@H](N(C)C)[C@H]2O)[C@@](C)(OC)C[C@@H](C)C2=Nc3cc(C#N)ccc3N3CO[C@@]1(C)[C@H]3[C@H]2C. The van der Waals surface area contributed by atoms with Gasteiger partial charge in [-0.15, -0.1) is 0 Å². The number of esters is 1. The summed E-state index contributed by atoms with van der Waals surface area (Å²) in [4.78, 5) is 37.6. The molecule has 50 heavy (non-hydrogen) atoms. The van der Waals surface area contributed by atoms with Gasteiger partial charge in [-0.2, -0.15) is 5.26 Å². The summed E-state index contributed by atoms with van der Waals surface area (Å²) in [5.74, 6) is -3.34. The van der Waals surface area contributed by atoms with Crippen molar-refractivity contribution in [2.45, 2.75) is 129 Å². The second kappa shape index (κ2) is 14.6. The standard InChI is InChI=1S/C38H56N4O8/c1-12-29-38(8)33-22(4)30(40-26-16-25(18-39)13-14-27(26)42(33)19-47-38)20(2)17-37(7,46-11)34(23(5)31(43)24(6)35(45)49-29)50-36-32(44)28(41(9)10)15-21(3)48-36/h13-14,16,20-24,28-29,32-34,36,44H,12,15,17,19H2,1-11H3/t20-,21-,22+,23+,24-,28+,29-,32-,33-,34-,36+,37+,38-/m1/s1. The Morgan fingerprint density at radius 1 is 1.14 bits per heavy atom. The zero-order valence-corrected chi connectivity index (χ0v) is 31.5. The summed E-state index contributed by atoms with van der Waals surface area (Å²) in [5.41, 5.74) is 0.808. The third kappa shape index (κ3) is 6.73. The predicted molar refractivity (Wildman–Crippen MR) is 188 cm³/mol. The van der Waals surface area contributed by atoms with Crippen molar-refractivity contribution < 1.29 is 38.4 Å². The maximum absolute atomic E-state index is 14.3. The Kier molecular flexibility index (Phi) is 11.2. The number of hydrogen-bond acceptors (Lipinski definition) is 12. The van der Waals surface area contributed by atoms with Crippen LogP contribution in [0.5, 0.6) is 0 Å². The lowest BCUT2D eigenvalue weighted by Crippen LogP contribution is -2.60. The number of methoxy groups -OCH3 is 1. The summed E-state index contributed by atoms with van der Waals surface area (Å²) in [5, 5.41) is 21.3. The minimum atomic E-state index is -1.10. The molecule has 276 valence electrons. The zero-order chi connectivity index (χ0) is 36.9. The minimum Gasteiger partial charge on any atom is -0.459 e. The van der Waals surface area contributed by atoms with Gasteiger partial charge in [0.25, 0.3) is 0 Å². The molecule has 1 aromatic rings. The van der Waals surface area contributed by atoms with E-state index in [0.717, 1.165) is 11.4 Å². The number of hydrogen-bond donors (Lipinski definition) is 1. The van der Waals surface area contributed by atoms with Crippen molar-refractivity contribution in [2.75, 3.05) is 32.8 Å². The number of carbonyl (C=O) groups is 2. The Labute approximate surface area is 297 Å². The van der Waals surface area contributed by atoms with Crippen LogP contribution < -0.4 is 4.90 Å². The van der Waals surface area contributed by atoms with Crippen molar-refractivity contribution in [3.63, 3.8) is 0 Å². The van der Waals surface area contributed by atoms with E-state index in [4.69, 9.17) is 28.7 Å². The van der Waals surface area contributed by atoms with Gasteiger partial charge in [0.05, 0.1) is 46.9 Å². The van der Waals surface area contributed by atoms with Crippen molar-refractivity contribution in [3.05, 3.63) is 23.8 Å². The Morgan fingerprint density at radius 3 is 2.46 bits per heavy atom. The molecule has 4 aliphatic heterocycles. The van der Waals surface area contributed by atoms with Gasteiger partial charge in [-0.1, -0.05) is 27.7 Å². The van der Waals surface area contributed by atoms with E-state index in [9.17, 15) is 20.0 Å². The molecule has 0 saturated carbocycles. The normalized spacial score (nSPS) is 41.1. The molecule has 1 N–H and O–H groups in total. The number of likely N-dealkylation sites (N-methyl/N-ethyl adjacent to an activating group) is 1. The molecule has 0 amide bonds. The van der Waals surface area contributed by atoms with Crippen molar-refractivity contribution >= 4 is 28.8 Å². The molecule has 5 rings (SSSR count). The first-order valence-electron chi connectivity index (χ1n) is 18.0. The number of aliphatic imine (C=N–C) groups is 1. The smallest absolute Gasteiger partial charge is 0.316 e. The number of aliphatic hydroxyl groups excluding tert-OH is 1. The second-order valence-electron chi connectivity index (χ2n) is 15.5. The molecule has 0 aromatic heterocycles. The number of cyclic esters (lactones) is 1. The summed E-state index contributed by atoms with van der Waals surface area (Å²) in [6.45, 7) is 15.5. The van der Waals surface area contributed by atoms with Crippen LogP contribution in [0.1, 0.15) is 80.2 Å². The van der Waals surface area contributed by atoms with Crippen LogP contribution in [0.3, 0.4) is 0 Å². The Hall–Kier alpha value is -2.92. The fraction of sp³-hybridized carbons (Fsp3) is 0.737. The lowest BCUT2D eigenvalue weighted by Gasteiger charge is -2.47. The third-order valence-electron chi connectivity index (χ3n) is 11.8. The summed E-state index contributed by atoms with van der Waals surface area (Å²) in [6, 6.07) is 7.20. The molecule has 1 aromatic carbocycles. The molecule has 2 bridgehead atoms. The van der Waals surface area contributed by atoms with Crippen molar-refractivity contribution in [3.8, 4) is 6.07 Å². The average Bonchev–Trinajstić information content (AvgIpc) is 3.38. The van der Waals surface area contributed by atoms with Crippen LogP contribution in [0, 0.1) is 35.0 Å². The van der Waals surface area contributed by atoms with Gasteiger partial charge in [-0.25, -0.2) is 0 Å². The van der Waals surface area contributed by atoms with Gasteiger partial charge in [0.15, 0.2) is 12.1 Å². The fourth-order valence-corrected chi connectivity index (χ4v) is 8.97. The number of anilines is 1. The lowest BCUT2D eigenvalue weighted by molar-refractivity contribution is -0.295. The third-order valence-corrected chi connectivity index (χ3v) is 11.8. The number of benzene rings is 1. The first-order chi connectivity index (χ1) is 23.5. The number of fused-ring (bicyclic) bond motifs is 3. The lowest BCUT2D eigenvalue weighted by atomic mass is 9.73. The molecule has 13 atom stereocenters. The highest BCUT2D eigenvalue weighted by Crippen LogP contribution is 2.48. The number of aliphatic hydroxyl groups is 1. The quantitative estimate of drug-likeness (QED) is 0.340. The molecule has 12 heteroatoms. The summed E-state index contributed by atoms with van der Waals surface area (Å²) in [6.07, 6.45) is -2.37. The molecular formula is C38H56N4O8. The Balaban J connectivity index is 1.66. The van der Waals surface area contributed by atoms with E-state index in [1.54, 1.807) is 33.1 Å². The molecule has 4 aliphatic rings. The molecule has 0 spiro atoms. The highest BCUT2D eigenvalue weighted by atomic mass is 16.7. The minimum absolute atomic E-state index is 0.187. The molecular weight excluding hydrogens is 640 g/mol. The van der Waals surface area contributed by atoms with E-state index in [1.165, 1.54) is 0 Å². The topological polar surface area (TPSA) is 143 Å². The first-order valence-corrected chi connectivity index (χ1v) is 18.0. The number of ether oxygens (including phenoxy) is 5. The van der Waals surface area contributed by atoms with Gasteiger partial charge < -0.3 is 38.6 Å². The van der Waals surface area contributed by atoms with Gasteiger partial charge in [0, 0.05) is 30.7 Å². The summed E-state index contributed by atoms with van der Waals surface area (Å²) < 4.78 is 32.1. The number of carbonyl (C=O) groups excluding carboxylic acids is 2. The number of nitrogens with zero attached hydrogens (tertiary/aromatic N) is 4. The number of Topliss-reactive ketones (excluding diaryl/α,β-unsaturated/α-hetero) is 1. The molecule has 4 heterocycles. The van der Waals surface area contributed by atoms with Crippen molar-refractivity contribution in [2.24, 2.45) is 28.7 Å². The monoisotopic (exact) mass is 696 g/mol. The van der Waals surface area contributed by atoms with Crippen molar-refractivity contribution in [1.29, 1.82) is 5.26 Å². The summed E-state index contributed by atoms with van der Waals surface area (Å²) >= 11 is 0. The van der Waals surface area contributed by atoms with Gasteiger partial charge >= 0.3 is 5.97 Å². The average molecular weight is 697 g/mol. The maximum Gasteiger partial charge on any atom is 0.316 e. The van der Waals surface area contributed by atoms with E-state index < -0.39 is 53.6 Å². The molecule has 0 unspecified atom stereocenters. The highest BCUT2D eigenvalue weighted by Gasteiger charge is 2.57.